The van der Waals surface area contributed by atoms with Crippen molar-refractivity contribution >= 4 is 5.69 Å². The van der Waals surface area contributed by atoms with E-state index in [-0.39, 0.29) is 0 Å². The van der Waals surface area contributed by atoms with Gasteiger partial charge < -0.3 is 11.5 Å². The van der Waals surface area contributed by atoms with Crippen molar-refractivity contribution in [2.24, 2.45) is 23.5 Å². The molecule has 4 N–H and O–H groups in total. The molecule has 0 aromatic heterocycles. The largest absolute Gasteiger partial charge is 0.398 e. The van der Waals surface area contributed by atoms with E-state index in [0.29, 0.717) is 12.0 Å². The van der Waals surface area contributed by atoms with E-state index in [1.165, 1.54) is 44.1 Å². The molecule has 0 amide bonds. The third-order valence-corrected chi connectivity index (χ3v) is 6.03. The first-order chi connectivity index (χ1) is 9.20. The second-order valence-corrected chi connectivity index (χ2v) is 7.28. The summed E-state index contributed by atoms with van der Waals surface area (Å²) in [4.78, 5) is 0. The van der Waals surface area contributed by atoms with E-state index < -0.39 is 0 Å². The molecule has 4 fully saturated rings. The highest BCUT2D eigenvalue weighted by Gasteiger charge is 2.52. The summed E-state index contributed by atoms with van der Waals surface area (Å²) in [5.74, 6) is 2.89. The van der Waals surface area contributed by atoms with Crippen molar-refractivity contribution in [2.45, 2.75) is 50.5 Å². The maximum atomic E-state index is 6.44. The zero-order valence-electron chi connectivity index (χ0n) is 11.6. The van der Waals surface area contributed by atoms with Crippen LogP contribution in [0.1, 0.15) is 49.7 Å². The van der Waals surface area contributed by atoms with Gasteiger partial charge in [-0.25, -0.2) is 0 Å². The van der Waals surface area contributed by atoms with Gasteiger partial charge >= 0.3 is 0 Å². The van der Waals surface area contributed by atoms with E-state index in [4.69, 9.17) is 11.5 Å². The number of rotatable bonds is 2. The van der Waals surface area contributed by atoms with Crippen LogP contribution in [0.2, 0.25) is 0 Å². The van der Waals surface area contributed by atoms with Gasteiger partial charge in [0.1, 0.15) is 0 Å². The lowest BCUT2D eigenvalue weighted by molar-refractivity contribution is -0.00486. The predicted molar refractivity (Wildman–Crippen MR) is 78.6 cm³/mol. The van der Waals surface area contributed by atoms with E-state index in [2.05, 4.69) is 18.2 Å². The lowest BCUT2D eigenvalue weighted by Crippen LogP contribution is -2.48. The summed E-state index contributed by atoms with van der Waals surface area (Å²) in [5, 5.41) is 0. The number of hydrogen-bond acceptors (Lipinski definition) is 2. The summed E-state index contributed by atoms with van der Waals surface area (Å²) in [6.07, 6.45) is 8.56. The highest BCUT2D eigenvalue weighted by molar-refractivity contribution is 5.57. The first-order valence-electron chi connectivity index (χ1n) is 7.78. The Labute approximate surface area is 115 Å². The Bertz CT molecular complexity index is 471. The lowest BCUT2D eigenvalue weighted by atomic mass is 9.48. The fraction of sp³-hybridized carbons (Fsp3) is 0.647. The predicted octanol–water partition coefficient (Wildman–Crippen LogP) is 3.20. The molecule has 0 saturated heterocycles. The molecule has 4 bridgehead atoms. The van der Waals surface area contributed by atoms with Crippen LogP contribution in [-0.2, 0) is 12.0 Å². The Kier molecular flexibility index (Phi) is 2.47. The Balaban J connectivity index is 1.79. The molecule has 2 nitrogen and oxygen atoms in total. The molecule has 102 valence electrons. The third-order valence-electron chi connectivity index (χ3n) is 6.03. The fourth-order valence-corrected chi connectivity index (χ4v) is 5.69. The summed E-state index contributed by atoms with van der Waals surface area (Å²) < 4.78 is 0. The van der Waals surface area contributed by atoms with Crippen molar-refractivity contribution in [2.75, 3.05) is 5.73 Å². The Hall–Kier alpha value is -1.02. The van der Waals surface area contributed by atoms with Crippen LogP contribution >= 0.6 is 0 Å². The van der Waals surface area contributed by atoms with E-state index in [1.807, 2.05) is 0 Å². The third kappa shape index (κ3) is 1.66. The summed E-state index contributed by atoms with van der Waals surface area (Å²) >= 11 is 0. The van der Waals surface area contributed by atoms with Gasteiger partial charge in [0.15, 0.2) is 0 Å². The molecule has 19 heavy (non-hydrogen) atoms. The van der Waals surface area contributed by atoms with Crippen molar-refractivity contribution in [1.29, 1.82) is 0 Å². The van der Waals surface area contributed by atoms with E-state index >= 15 is 0 Å². The first kappa shape index (κ1) is 11.8. The smallest absolute Gasteiger partial charge is 0.0397 e. The van der Waals surface area contributed by atoms with Crippen LogP contribution in [0.3, 0.4) is 0 Å². The number of para-hydroxylation sites is 1. The molecule has 0 aliphatic heterocycles. The van der Waals surface area contributed by atoms with Crippen molar-refractivity contribution in [3.63, 3.8) is 0 Å². The monoisotopic (exact) mass is 256 g/mol. The summed E-state index contributed by atoms with van der Waals surface area (Å²) in [6.45, 7) is 0.562. The average Bonchev–Trinajstić information content (AvgIpc) is 2.37. The number of nitrogen functional groups attached to an aromatic ring is 1. The van der Waals surface area contributed by atoms with Gasteiger partial charge in [-0.15, -0.1) is 0 Å². The zero-order valence-corrected chi connectivity index (χ0v) is 11.6. The number of hydrogen-bond donors (Lipinski definition) is 2. The Morgan fingerprint density at radius 1 is 1.00 bits per heavy atom. The van der Waals surface area contributed by atoms with E-state index in [1.54, 1.807) is 0 Å². The van der Waals surface area contributed by atoms with Crippen molar-refractivity contribution in [3.05, 3.63) is 29.3 Å². The molecule has 0 radical (unpaired) electrons. The van der Waals surface area contributed by atoms with Crippen LogP contribution in [-0.4, -0.2) is 0 Å². The van der Waals surface area contributed by atoms with Gasteiger partial charge in [0, 0.05) is 12.2 Å². The maximum absolute atomic E-state index is 6.44. The second kappa shape index (κ2) is 3.99. The number of benzene rings is 1. The van der Waals surface area contributed by atoms with Gasteiger partial charge in [-0.3, -0.25) is 0 Å². The molecule has 4 saturated carbocycles. The highest BCUT2D eigenvalue weighted by Crippen LogP contribution is 2.61. The number of anilines is 1. The van der Waals surface area contributed by atoms with E-state index in [9.17, 15) is 0 Å². The molecule has 1 aromatic carbocycles. The summed E-state index contributed by atoms with van der Waals surface area (Å²) in [7, 11) is 0. The molecule has 5 rings (SSSR count). The van der Waals surface area contributed by atoms with Gasteiger partial charge in [0.25, 0.3) is 0 Å². The number of nitrogens with two attached hydrogens (primary N) is 2. The molecule has 2 heteroatoms. The minimum absolute atomic E-state index is 0.393. The van der Waals surface area contributed by atoms with Gasteiger partial charge in [-0.2, -0.15) is 0 Å². The van der Waals surface area contributed by atoms with Crippen LogP contribution in [0.25, 0.3) is 0 Å². The molecule has 1 aromatic rings. The van der Waals surface area contributed by atoms with Crippen molar-refractivity contribution in [1.82, 2.24) is 0 Å². The highest BCUT2D eigenvalue weighted by atomic mass is 14.7. The van der Waals surface area contributed by atoms with Gasteiger partial charge in [-0.05, 0) is 72.8 Å². The SMILES string of the molecule is NCc1cccc(C23CC4CC(CC(C4)C2)C3)c1N. The fourth-order valence-electron chi connectivity index (χ4n) is 5.69. The molecule has 0 atom stereocenters. The Morgan fingerprint density at radius 2 is 1.58 bits per heavy atom. The molecule has 4 aliphatic rings. The summed E-state index contributed by atoms with van der Waals surface area (Å²) in [6, 6.07) is 6.52. The molecular weight excluding hydrogens is 232 g/mol. The lowest BCUT2D eigenvalue weighted by Gasteiger charge is -2.57. The van der Waals surface area contributed by atoms with Crippen molar-refractivity contribution < 1.29 is 0 Å². The molecule has 0 unspecified atom stereocenters. The molecule has 0 spiro atoms. The first-order valence-corrected chi connectivity index (χ1v) is 7.78. The molecule has 4 aliphatic carbocycles. The Morgan fingerprint density at radius 3 is 2.11 bits per heavy atom. The van der Waals surface area contributed by atoms with Crippen LogP contribution in [0.5, 0.6) is 0 Å². The van der Waals surface area contributed by atoms with Crippen LogP contribution in [0.15, 0.2) is 18.2 Å². The van der Waals surface area contributed by atoms with Crippen LogP contribution in [0, 0.1) is 17.8 Å². The van der Waals surface area contributed by atoms with Gasteiger partial charge in [-0.1, -0.05) is 18.2 Å². The minimum atomic E-state index is 0.393. The van der Waals surface area contributed by atoms with E-state index in [0.717, 1.165) is 29.0 Å². The standard InChI is InChI=1S/C17H24N2/c18-10-14-2-1-3-15(16(14)19)17-7-11-4-12(8-17)6-13(5-11)9-17/h1-3,11-13H,4-10,18-19H2. The van der Waals surface area contributed by atoms with Gasteiger partial charge in [0.2, 0.25) is 0 Å². The van der Waals surface area contributed by atoms with Gasteiger partial charge in [0.05, 0.1) is 0 Å². The maximum Gasteiger partial charge on any atom is 0.0397 e. The zero-order chi connectivity index (χ0) is 13.0. The molecular formula is C17H24N2. The van der Waals surface area contributed by atoms with Crippen LogP contribution < -0.4 is 11.5 Å². The average molecular weight is 256 g/mol. The normalized spacial score (nSPS) is 39.7. The minimum Gasteiger partial charge on any atom is -0.398 e. The quantitative estimate of drug-likeness (QED) is 0.798. The second-order valence-electron chi connectivity index (χ2n) is 7.28. The molecule has 0 heterocycles. The topological polar surface area (TPSA) is 52.0 Å². The van der Waals surface area contributed by atoms with Crippen molar-refractivity contribution in [3.8, 4) is 0 Å². The summed E-state index contributed by atoms with van der Waals surface area (Å²) in [5.41, 5.74) is 16.2. The van der Waals surface area contributed by atoms with Crippen LogP contribution in [0.4, 0.5) is 5.69 Å².